The van der Waals surface area contributed by atoms with Crippen LogP contribution in [0.5, 0.6) is 17.2 Å². The van der Waals surface area contributed by atoms with Gasteiger partial charge in [0.15, 0.2) is 24.7 Å². The predicted octanol–water partition coefficient (Wildman–Crippen LogP) is 1.84. The average Bonchev–Trinajstić information content (AvgIpc) is 3.31. The van der Waals surface area contributed by atoms with Crippen molar-refractivity contribution in [1.29, 1.82) is 0 Å². The number of nitrogens with zero attached hydrogens (tertiary/aromatic N) is 1. The SMILES string of the molecule is NC(=O)COc1ccc(C(=O)OCC(=O)N2CCCC2c2ccc3c(c2)OCCO3)cc1. The molecule has 168 valence electrons. The van der Waals surface area contributed by atoms with Crippen LogP contribution in [0.4, 0.5) is 0 Å². The zero-order valence-electron chi connectivity index (χ0n) is 17.5. The number of hydrogen-bond acceptors (Lipinski definition) is 7. The van der Waals surface area contributed by atoms with E-state index in [1.807, 2.05) is 18.2 Å². The average molecular weight is 440 g/mol. The maximum absolute atomic E-state index is 12.8. The summed E-state index contributed by atoms with van der Waals surface area (Å²) < 4.78 is 21.6. The van der Waals surface area contributed by atoms with Crippen molar-refractivity contribution in [3.8, 4) is 17.2 Å². The number of rotatable bonds is 7. The lowest BCUT2D eigenvalue weighted by Crippen LogP contribution is -2.34. The van der Waals surface area contributed by atoms with Crippen LogP contribution in [0.15, 0.2) is 42.5 Å². The number of likely N-dealkylation sites (tertiary alicyclic amines) is 1. The Morgan fingerprint density at radius 3 is 2.50 bits per heavy atom. The van der Waals surface area contributed by atoms with Gasteiger partial charge in [-0.05, 0) is 54.8 Å². The van der Waals surface area contributed by atoms with Crippen molar-refractivity contribution in [2.75, 3.05) is 33.0 Å². The summed E-state index contributed by atoms with van der Waals surface area (Å²) in [6.45, 7) is 1.02. The summed E-state index contributed by atoms with van der Waals surface area (Å²) in [5.74, 6) is 0.324. The standard InChI is InChI=1S/C23H24N2O7/c24-21(26)13-31-17-6-3-15(4-7-17)23(28)32-14-22(27)25-9-1-2-18(25)16-5-8-19-20(12-16)30-11-10-29-19/h3-8,12,18H,1-2,9-11,13-14H2,(H2,24,26). The van der Waals surface area contributed by atoms with Crippen molar-refractivity contribution < 1.29 is 33.3 Å². The smallest absolute Gasteiger partial charge is 0.338 e. The second kappa shape index (κ2) is 9.59. The zero-order valence-corrected chi connectivity index (χ0v) is 17.5. The fourth-order valence-corrected chi connectivity index (χ4v) is 3.81. The number of benzene rings is 2. The van der Waals surface area contributed by atoms with Crippen LogP contribution in [0.2, 0.25) is 0 Å². The van der Waals surface area contributed by atoms with E-state index in [1.54, 1.807) is 4.90 Å². The largest absolute Gasteiger partial charge is 0.486 e. The highest BCUT2D eigenvalue weighted by molar-refractivity contribution is 5.91. The number of fused-ring (bicyclic) bond motifs is 1. The first-order valence-corrected chi connectivity index (χ1v) is 10.4. The van der Waals surface area contributed by atoms with Gasteiger partial charge in [0.2, 0.25) is 0 Å². The van der Waals surface area contributed by atoms with E-state index in [2.05, 4.69) is 0 Å². The molecule has 0 bridgehead atoms. The van der Waals surface area contributed by atoms with Gasteiger partial charge in [-0.15, -0.1) is 0 Å². The van der Waals surface area contributed by atoms with Crippen LogP contribution in [0, 0.1) is 0 Å². The molecule has 0 spiro atoms. The van der Waals surface area contributed by atoms with Gasteiger partial charge >= 0.3 is 5.97 Å². The molecule has 9 heteroatoms. The van der Waals surface area contributed by atoms with Crippen molar-refractivity contribution in [2.45, 2.75) is 18.9 Å². The van der Waals surface area contributed by atoms with Crippen LogP contribution >= 0.6 is 0 Å². The van der Waals surface area contributed by atoms with Gasteiger partial charge in [0, 0.05) is 6.54 Å². The van der Waals surface area contributed by atoms with Crippen LogP contribution < -0.4 is 19.9 Å². The Kier molecular flexibility index (Phi) is 6.44. The fraction of sp³-hybridized carbons (Fsp3) is 0.348. The number of carbonyl (C=O) groups excluding carboxylic acids is 3. The van der Waals surface area contributed by atoms with Crippen molar-refractivity contribution in [2.24, 2.45) is 5.73 Å². The van der Waals surface area contributed by atoms with E-state index in [9.17, 15) is 14.4 Å². The molecule has 32 heavy (non-hydrogen) atoms. The highest BCUT2D eigenvalue weighted by Gasteiger charge is 2.31. The molecule has 1 saturated heterocycles. The first-order valence-electron chi connectivity index (χ1n) is 10.4. The van der Waals surface area contributed by atoms with E-state index < -0.39 is 11.9 Å². The summed E-state index contributed by atoms with van der Waals surface area (Å²) in [5, 5.41) is 0. The van der Waals surface area contributed by atoms with Crippen molar-refractivity contribution >= 4 is 17.8 Å². The second-order valence-corrected chi connectivity index (χ2v) is 7.50. The Morgan fingerprint density at radius 1 is 1.00 bits per heavy atom. The van der Waals surface area contributed by atoms with Crippen LogP contribution in [-0.2, 0) is 14.3 Å². The number of nitrogens with two attached hydrogens (primary N) is 1. The summed E-state index contributed by atoms with van der Waals surface area (Å²) in [6, 6.07) is 11.7. The lowest BCUT2D eigenvalue weighted by molar-refractivity contribution is -0.135. The fourth-order valence-electron chi connectivity index (χ4n) is 3.81. The highest BCUT2D eigenvalue weighted by atomic mass is 16.6. The molecule has 0 saturated carbocycles. The third kappa shape index (κ3) is 4.93. The van der Waals surface area contributed by atoms with Crippen LogP contribution in [0.1, 0.15) is 34.8 Å². The maximum Gasteiger partial charge on any atom is 0.338 e. The van der Waals surface area contributed by atoms with E-state index >= 15 is 0 Å². The molecule has 9 nitrogen and oxygen atoms in total. The molecule has 4 rings (SSSR count). The lowest BCUT2D eigenvalue weighted by Gasteiger charge is -2.26. The molecule has 2 aromatic carbocycles. The molecule has 2 amide bonds. The van der Waals surface area contributed by atoms with Gasteiger partial charge in [-0.25, -0.2) is 4.79 Å². The molecule has 2 N–H and O–H groups in total. The van der Waals surface area contributed by atoms with E-state index in [0.29, 0.717) is 37.0 Å². The summed E-state index contributed by atoms with van der Waals surface area (Å²) in [7, 11) is 0. The summed E-state index contributed by atoms with van der Waals surface area (Å²) in [5.41, 5.74) is 6.27. The van der Waals surface area contributed by atoms with Gasteiger partial charge in [0.1, 0.15) is 19.0 Å². The minimum absolute atomic E-state index is 0.0984. The number of ether oxygens (including phenoxy) is 4. The molecule has 1 fully saturated rings. The predicted molar refractivity (Wildman–Crippen MR) is 113 cm³/mol. The lowest BCUT2D eigenvalue weighted by atomic mass is 10.0. The Bertz CT molecular complexity index is 1010. The quantitative estimate of drug-likeness (QED) is 0.653. The van der Waals surface area contributed by atoms with Crippen LogP contribution in [-0.4, -0.2) is 55.7 Å². The molecule has 2 aromatic rings. The summed E-state index contributed by atoms with van der Waals surface area (Å²) in [6.07, 6.45) is 1.69. The topological polar surface area (TPSA) is 117 Å². The maximum atomic E-state index is 12.8. The molecule has 0 aromatic heterocycles. The monoisotopic (exact) mass is 440 g/mol. The molecule has 1 atom stereocenters. The summed E-state index contributed by atoms with van der Waals surface area (Å²) in [4.78, 5) is 37.6. The highest BCUT2D eigenvalue weighted by Crippen LogP contribution is 2.38. The molecule has 0 radical (unpaired) electrons. The molecule has 2 heterocycles. The Balaban J connectivity index is 1.34. The van der Waals surface area contributed by atoms with Gasteiger partial charge < -0.3 is 29.6 Å². The van der Waals surface area contributed by atoms with Gasteiger partial charge in [0.25, 0.3) is 11.8 Å². The number of carbonyl (C=O) groups is 3. The normalized spacial score (nSPS) is 17.0. The van der Waals surface area contributed by atoms with Gasteiger partial charge in [-0.1, -0.05) is 6.07 Å². The van der Waals surface area contributed by atoms with Crippen molar-refractivity contribution in [1.82, 2.24) is 4.90 Å². The van der Waals surface area contributed by atoms with Gasteiger partial charge in [0.05, 0.1) is 11.6 Å². The van der Waals surface area contributed by atoms with Gasteiger partial charge in [-0.3, -0.25) is 9.59 Å². The molecule has 0 aliphatic carbocycles. The molecule has 1 unspecified atom stereocenters. The van der Waals surface area contributed by atoms with Gasteiger partial charge in [-0.2, -0.15) is 0 Å². The van der Waals surface area contributed by atoms with E-state index in [1.165, 1.54) is 24.3 Å². The first-order chi connectivity index (χ1) is 15.5. The van der Waals surface area contributed by atoms with Crippen LogP contribution in [0.25, 0.3) is 0 Å². The third-order valence-corrected chi connectivity index (χ3v) is 5.32. The number of hydrogen-bond donors (Lipinski definition) is 1. The third-order valence-electron chi connectivity index (χ3n) is 5.32. The van der Waals surface area contributed by atoms with E-state index in [-0.39, 0.29) is 30.7 Å². The number of primary amides is 1. The Labute approximate surface area is 185 Å². The number of esters is 1. The van der Waals surface area contributed by atoms with Crippen molar-refractivity contribution in [3.05, 3.63) is 53.6 Å². The number of amides is 2. The van der Waals surface area contributed by atoms with Crippen LogP contribution in [0.3, 0.4) is 0 Å². The Hall–Kier alpha value is -3.75. The first kappa shape index (κ1) is 21.5. The Morgan fingerprint density at radius 2 is 1.75 bits per heavy atom. The minimum Gasteiger partial charge on any atom is -0.486 e. The molecule has 2 aliphatic rings. The van der Waals surface area contributed by atoms with Crippen molar-refractivity contribution in [3.63, 3.8) is 0 Å². The minimum atomic E-state index is -0.616. The van der Waals surface area contributed by atoms with E-state index in [4.69, 9.17) is 24.7 Å². The van der Waals surface area contributed by atoms with E-state index in [0.717, 1.165) is 18.4 Å². The molecular formula is C23H24N2O7. The molecular weight excluding hydrogens is 416 g/mol. The zero-order chi connectivity index (χ0) is 22.5. The second-order valence-electron chi connectivity index (χ2n) is 7.50. The molecule has 2 aliphatic heterocycles. The summed E-state index contributed by atoms with van der Waals surface area (Å²) >= 11 is 0.